The molecule has 1 aliphatic carbocycles. The summed E-state index contributed by atoms with van der Waals surface area (Å²) in [7, 11) is 2.09. The number of aromatic nitrogens is 2. The highest BCUT2D eigenvalue weighted by Crippen LogP contribution is 2.25. The van der Waals surface area contributed by atoms with Gasteiger partial charge in [0.1, 0.15) is 0 Å². The Morgan fingerprint density at radius 1 is 1.33 bits per heavy atom. The first-order valence-corrected chi connectivity index (χ1v) is 6.91. The lowest BCUT2D eigenvalue weighted by molar-refractivity contribution is 0.397. The van der Waals surface area contributed by atoms with Gasteiger partial charge in [0, 0.05) is 37.6 Å². The Balaban J connectivity index is 1.84. The van der Waals surface area contributed by atoms with Crippen LogP contribution in [0.4, 0.5) is 5.95 Å². The van der Waals surface area contributed by atoms with E-state index in [2.05, 4.69) is 41.1 Å². The van der Waals surface area contributed by atoms with E-state index in [-0.39, 0.29) is 0 Å². The molecule has 1 fully saturated rings. The monoisotopic (exact) mass is 248 g/mol. The molecule has 100 valence electrons. The Morgan fingerprint density at radius 2 is 2.00 bits per heavy atom. The minimum atomic E-state index is 0.648. The number of hydrogen-bond donors (Lipinski definition) is 1. The lowest BCUT2D eigenvalue weighted by Crippen LogP contribution is -2.38. The molecule has 0 radical (unpaired) electrons. The van der Waals surface area contributed by atoms with Crippen molar-refractivity contribution in [1.82, 2.24) is 15.3 Å². The van der Waals surface area contributed by atoms with E-state index in [4.69, 9.17) is 0 Å². The fourth-order valence-electron chi connectivity index (χ4n) is 2.06. The molecule has 0 bridgehead atoms. The fourth-order valence-corrected chi connectivity index (χ4v) is 2.06. The van der Waals surface area contributed by atoms with Crippen molar-refractivity contribution in [2.24, 2.45) is 5.92 Å². The third kappa shape index (κ3) is 3.42. The van der Waals surface area contributed by atoms with Gasteiger partial charge in [-0.3, -0.25) is 0 Å². The molecule has 0 amide bonds. The molecule has 0 saturated heterocycles. The molecule has 18 heavy (non-hydrogen) atoms. The Labute approximate surface area is 110 Å². The van der Waals surface area contributed by atoms with E-state index in [1.54, 1.807) is 0 Å². The molecule has 0 aromatic carbocycles. The van der Waals surface area contributed by atoms with Gasteiger partial charge in [0.05, 0.1) is 0 Å². The predicted octanol–water partition coefficient (Wildman–Crippen LogP) is 2.21. The van der Waals surface area contributed by atoms with Crippen molar-refractivity contribution in [1.29, 1.82) is 0 Å². The second kappa shape index (κ2) is 6.14. The first-order valence-electron chi connectivity index (χ1n) is 6.91. The lowest BCUT2D eigenvalue weighted by atomic mass is 9.92. The van der Waals surface area contributed by atoms with E-state index in [1.165, 1.54) is 19.3 Å². The van der Waals surface area contributed by atoms with Crippen LogP contribution in [-0.2, 0) is 6.54 Å². The van der Waals surface area contributed by atoms with Crippen molar-refractivity contribution in [2.45, 2.75) is 45.7 Å². The van der Waals surface area contributed by atoms with Crippen LogP contribution in [0, 0.1) is 5.92 Å². The van der Waals surface area contributed by atoms with Crippen LogP contribution < -0.4 is 10.2 Å². The summed E-state index contributed by atoms with van der Waals surface area (Å²) in [4.78, 5) is 11.1. The quantitative estimate of drug-likeness (QED) is 0.838. The topological polar surface area (TPSA) is 41.1 Å². The van der Waals surface area contributed by atoms with E-state index >= 15 is 0 Å². The Bertz CT molecular complexity index is 357. The Morgan fingerprint density at radius 3 is 2.50 bits per heavy atom. The molecule has 1 saturated carbocycles. The molecule has 1 aromatic rings. The summed E-state index contributed by atoms with van der Waals surface area (Å²) >= 11 is 0. The van der Waals surface area contributed by atoms with Gasteiger partial charge in [-0.2, -0.15) is 0 Å². The van der Waals surface area contributed by atoms with Gasteiger partial charge in [-0.15, -0.1) is 0 Å². The Hall–Kier alpha value is -1.16. The smallest absolute Gasteiger partial charge is 0.225 e. The highest BCUT2D eigenvalue weighted by Gasteiger charge is 2.23. The minimum absolute atomic E-state index is 0.648. The average Bonchev–Trinajstić information content (AvgIpc) is 2.27. The number of hydrogen-bond acceptors (Lipinski definition) is 4. The van der Waals surface area contributed by atoms with Crippen molar-refractivity contribution in [3.05, 3.63) is 18.0 Å². The zero-order valence-corrected chi connectivity index (χ0v) is 11.7. The molecular formula is C14H24N4. The second-order valence-electron chi connectivity index (χ2n) is 5.61. The largest absolute Gasteiger partial charge is 0.341 e. The van der Waals surface area contributed by atoms with Crippen LogP contribution in [0.25, 0.3) is 0 Å². The van der Waals surface area contributed by atoms with Gasteiger partial charge in [0.2, 0.25) is 5.95 Å². The minimum Gasteiger partial charge on any atom is -0.341 e. The van der Waals surface area contributed by atoms with Crippen molar-refractivity contribution >= 4 is 5.95 Å². The summed E-state index contributed by atoms with van der Waals surface area (Å²) in [6, 6.07) is 0.648. The predicted molar refractivity (Wildman–Crippen MR) is 74.6 cm³/mol. The van der Waals surface area contributed by atoms with Gasteiger partial charge < -0.3 is 10.2 Å². The molecule has 1 aromatic heterocycles. The van der Waals surface area contributed by atoms with Crippen LogP contribution in [0.1, 0.15) is 38.7 Å². The first kappa shape index (κ1) is 13.3. The van der Waals surface area contributed by atoms with E-state index in [1.807, 2.05) is 12.4 Å². The molecule has 0 atom stereocenters. The van der Waals surface area contributed by atoms with Gasteiger partial charge in [0.25, 0.3) is 0 Å². The maximum absolute atomic E-state index is 4.45. The molecule has 4 heteroatoms. The third-order valence-corrected chi connectivity index (χ3v) is 3.51. The van der Waals surface area contributed by atoms with Crippen molar-refractivity contribution in [2.75, 3.05) is 18.5 Å². The third-order valence-electron chi connectivity index (χ3n) is 3.51. The highest BCUT2D eigenvalue weighted by atomic mass is 15.3. The van der Waals surface area contributed by atoms with Crippen LogP contribution in [-0.4, -0.2) is 29.6 Å². The highest BCUT2D eigenvalue weighted by molar-refractivity contribution is 5.31. The molecular weight excluding hydrogens is 224 g/mol. The van der Waals surface area contributed by atoms with Crippen molar-refractivity contribution < 1.29 is 0 Å². The molecule has 1 heterocycles. The molecule has 2 rings (SSSR count). The standard InChI is InChI=1S/C14H24N4/c1-11(2)7-15-8-12-9-16-14(17-10-12)18(3)13-5-4-6-13/h9-11,13,15H,4-8H2,1-3H3. The van der Waals surface area contributed by atoms with Crippen LogP contribution in [0.5, 0.6) is 0 Å². The van der Waals surface area contributed by atoms with E-state index in [0.29, 0.717) is 12.0 Å². The van der Waals surface area contributed by atoms with Crippen LogP contribution in [0.15, 0.2) is 12.4 Å². The summed E-state index contributed by atoms with van der Waals surface area (Å²) < 4.78 is 0. The van der Waals surface area contributed by atoms with Crippen molar-refractivity contribution in [3.8, 4) is 0 Å². The normalized spacial score (nSPS) is 15.8. The summed E-state index contributed by atoms with van der Waals surface area (Å²) in [5, 5.41) is 3.40. The molecule has 0 aliphatic heterocycles. The van der Waals surface area contributed by atoms with Gasteiger partial charge in [-0.05, 0) is 31.7 Å². The van der Waals surface area contributed by atoms with Gasteiger partial charge >= 0.3 is 0 Å². The van der Waals surface area contributed by atoms with E-state index in [9.17, 15) is 0 Å². The average molecular weight is 248 g/mol. The molecule has 1 aliphatic rings. The fraction of sp³-hybridized carbons (Fsp3) is 0.714. The second-order valence-corrected chi connectivity index (χ2v) is 5.61. The summed E-state index contributed by atoms with van der Waals surface area (Å²) in [5.74, 6) is 1.53. The number of rotatable bonds is 6. The summed E-state index contributed by atoms with van der Waals surface area (Å²) in [5.41, 5.74) is 1.15. The Kier molecular flexibility index (Phi) is 4.53. The zero-order valence-electron chi connectivity index (χ0n) is 11.7. The van der Waals surface area contributed by atoms with Crippen molar-refractivity contribution in [3.63, 3.8) is 0 Å². The first-order chi connectivity index (χ1) is 8.66. The van der Waals surface area contributed by atoms with Gasteiger partial charge in [-0.25, -0.2) is 9.97 Å². The molecule has 1 N–H and O–H groups in total. The summed E-state index contributed by atoms with van der Waals surface area (Å²) in [6.45, 7) is 6.30. The maximum atomic E-state index is 4.45. The zero-order chi connectivity index (χ0) is 13.0. The van der Waals surface area contributed by atoms with Crippen LogP contribution >= 0.6 is 0 Å². The summed E-state index contributed by atoms with van der Waals surface area (Å²) in [6.07, 6.45) is 7.76. The molecule has 0 spiro atoms. The number of nitrogens with zero attached hydrogens (tertiary/aromatic N) is 3. The molecule has 4 nitrogen and oxygen atoms in total. The number of anilines is 1. The van der Waals surface area contributed by atoms with Crippen LogP contribution in [0.3, 0.4) is 0 Å². The lowest BCUT2D eigenvalue weighted by Gasteiger charge is -2.34. The van der Waals surface area contributed by atoms with Crippen LogP contribution in [0.2, 0.25) is 0 Å². The number of nitrogens with one attached hydrogen (secondary N) is 1. The maximum Gasteiger partial charge on any atom is 0.225 e. The van der Waals surface area contributed by atoms with Gasteiger partial charge in [-0.1, -0.05) is 13.8 Å². The van der Waals surface area contributed by atoms with E-state index in [0.717, 1.165) is 24.6 Å². The SMILES string of the molecule is CC(C)CNCc1cnc(N(C)C2CCC2)nc1. The van der Waals surface area contributed by atoms with E-state index < -0.39 is 0 Å². The molecule has 0 unspecified atom stereocenters. The van der Waals surface area contributed by atoms with Gasteiger partial charge in [0.15, 0.2) is 0 Å².